The van der Waals surface area contributed by atoms with Crippen LogP contribution in [0.3, 0.4) is 0 Å². The first kappa shape index (κ1) is 11.7. The molecule has 2 aromatic rings. The molecular formula is C13H17N3O. The minimum atomic E-state index is 0.622. The minimum absolute atomic E-state index is 0.622. The number of nitrogens with one attached hydrogen (secondary N) is 1. The van der Waals surface area contributed by atoms with Crippen LogP contribution in [0.5, 0.6) is 0 Å². The van der Waals surface area contributed by atoms with Crippen molar-refractivity contribution >= 4 is 11.5 Å². The van der Waals surface area contributed by atoms with Gasteiger partial charge >= 0.3 is 0 Å². The summed E-state index contributed by atoms with van der Waals surface area (Å²) in [5, 5.41) is 3.32. The Morgan fingerprint density at radius 3 is 3.24 bits per heavy atom. The molecule has 0 spiro atoms. The molecule has 1 N–H and O–H groups in total. The number of hydrogen-bond donors (Lipinski definition) is 1. The first-order chi connectivity index (χ1) is 8.27. The maximum absolute atomic E-state index is 5.42. The number of aromatic nitrogens is 2. The third-order valence-corrected chi connectivity index (χ3v) is 2.33. The van der Waals surface area contributed by atoms with Crippen LogP contribution in [0.1, 0.15) is 6.92 Å². The van der Waals surface area contributed by atoms with Gasteiger partial charge in [-0.3, -0.25) is 4.40 Å². The molecular weight excluding hydrogens is 214 g/mol. The van der Waals surface area contributed by atoms with Gasteiger partial charge in [-0.05, 0) is 19.1 Å². The molecule has 0 saturated carbocycles. The molecule has 0 aromatic carbocycles. The number of fused-ring (bicyclic) bond motifs is 1. The van der Waals surface area contributed by atoms with E-state index in [2.05, 4.69) is 16.9 Å². The van der Waals surface area contributed by atoms with Gasteiger partial charge in [0.15, 0.2) is 0 Å². The van der Waals surface area contributed by atoms with Crippen LogP contribution in [0.4, 0.5) is 5.82 Å². The lowest BCUT2D eigenvalue weighted by molar-refractivity contribution is 0.167. The van der Waals surface area contributed by atoms with E-state index >= 15 is 0 Å². The van der Waals surface area contributed by atoms with Gasteiger partial charge in [-0.25, -0.2) is 4.98 Å². The molecule has 0 aliphatic carbocycles. The summed E-state index contributed by atoms with van der Waals surface area (Å²) in [5.74, 6) is 1.03. The zero-order chi connectivity index (χ0) is 12.1. The first-order valence-corrected chi connectivity index (χ1v) is 5.65. The highest BCUT2D eigenvalue weighted by atomic mass is 16.5. The molecule has 2 heterocycles. The lowest BCUT2D eigenvalue weighted by Crippen LogP contribution is -2.12. The fourth-order valence-electron chi connectivity index (χ4n) is 1.59. The zero-order valence-corrected chi connectivity index (χ0v) is 10.0. The van der Waals surface area contributed by atoms with Crippen molar-refractivity contribution in [1.29, 1.82) is 0 Å². The monoisotopic (exact) mass is 231 g/mol. The van der Waals surface area contributed by atoms with Gasteiger partial charge in [-0.2, -0.15) is 0 Å². The zero-order valence-electron chi connectivity index (χ0n) is 10.0. The first-order valence-electron chi connectivity index (χ1n) is 5.65. The molecule has 2 rings (SSSR count). The van der Waals surface area contributed by atoms with Gasteiger partial charge in [0.05, 0.1) is 13.2 Å². The molecule has 17 heavy (non-hydrogen) atoms. The maximum atomic E-state index is 5.42. The number of rotatable bonds is 6. The van der Waals surface area contributed by atoms with E-state index in [9.17, 15) is 0 Å². The van der Waals surface area contributed by atoms with E-state index in [1.165, 1.54) is 0 Å². The van der Waals surface area contributed by atoms with Crippen LogP contribution in [0.15, 0.2) is 42.7 Å². The average molecular weight is 231 g/mol. The molecule has 0 unspecified atom stereocenters. The number of imidazole rings is 1. The van der Waals surface area contributed by atoms with Crippen molar-refractivity contribution in [2.45, 2.75) is 6.92 Å². The van der Waals surface area contributed by atoms with E-state index in [4.69, 9.17) is 4.74 Å². The Morgan fingerprint density at radius 1 is 1.53 bits per heavy atom. The molecule has 0 aliphatic heterocycles. The molecule has 0 saturated heterocycles. The second kappa shape index (κ2) is 5.50. The van der Waals surface area contributed by atoms with Gasteiger partial charge in [0.2, 0.25) is 0 Å². The van der Waals surface area contributed by atoms with Crippen LogP contribution in [-0.4, -0.2) is 29.1 Å². The largest absolute Gasteiger partial charge is 0.375 e. The van der Waals surface area contributed by atoms with Crippen LogP contribution in [-0.2, 0) is 4.74 Å². The Labute approximate surface area is 101 Å². The van der Waals surface area contributed by atoms with Gasteiger partial charge in [0, 0.05) is 18.9 Å². The highest BCUT2D eigenvalue weighted by Crippen LogP contribution is 2.10. The number of nitrogens with zero attached hydrogens (tertiary/aromatic N) is 2. The highest BCUT2D eigenvalue weighted by molar-refractivity contribution is 5.49. The van der Waals surface area contributed by atoms with Crippen molar-refractivity contribution in [2.24, 2.45) is 0 Å². The summed E-state index contributed by atoms with van der Waals surface area (Å²) in [6, 6.07) is 5.98. The van der Waals surface area contributed by atoms with E-state index in [1.54, 1.807) is 6.20 Å². The van der Waals surface area contributed by atoms with Crippen molar-refractivity contribution < 1.29 is 4.74 Å². The molecule has 4 heteroatoms. The van der Waals surface area contributed by atoms with Crippen molar-refractivity contribution in [1.82, 2.24) is 9.38 Å². The van der Waals surface area contributed by atoms with Gasteiger partial charge in [0.1, 0.15) is 11.5 Å². The summed E-state index contributed by atoms with van der Waals surface area (Å²) in [4.78, 5) is 4.23. The fourth-order valence-corrected chi connectivity index (χ4v) is 1.59. The quantitative estimate of drug-likeness (QED) is 0.612. The predicted molar refractivity (Wildman–Crippen MR) is 69.3 cm³/mol. The number of ether oxygens (including phenoxy) is 1. The van der Waals surface area contributed by atoms with E-state index < -0.39 is 0 Å². The Balaban J connectivity index is 1.86. The van der Waals surface area contributed by atoms with Gasteiger partial charge < -0.3 is 10.1 Å². The molecule has 4 nitrogen and oxygen atoms in total. The minimum Gasteiger partial charge on any atom is -0.375 e. The van der Waals surface area contributed by atoms with Crippen LogP contribution in [0, 0.1) is 0 Å². The molecule has 0 amide bonds. The van der Waals surface area contributed by atoms with Crippen LogP contribution >= 0.6 is 0 Å². The van der Waals surface area contributed by atoms with Crippen LogP contribution in [0.2, 0.25) is 0 Å². The average Bonchev–Trinajstić information content (AvgIpc) is 2.77. The summed E-state index contributed by atoms with van der Waals surface area (Å²) < 4.78 is 7.44. The van der Waals surface area contributed by atoms with Crippen molar-refractivity contribution in [3.8, 4) is 0 Å². The van der Waals surface area contributed by atoms with E-state index in [1.807, 2.05) is 35.7 Å². The molecule has 0 atom stereocenters. The topological polar surface area (TPSA) is 38.6 Å². The van der Waals surface area contributed by atoms with Gasteiger partial charge in [-0.15, -0.1) is 0 Å². The highest BCUT2D eigenvalue weighted by Gasteiger charge is 1.98. The Bertz CT molecular complexity index is 504. The second-order valence-corrected chi connectivity index (χ2v) is 4.00. The number of hydrogen-bond acceptors (Lipinski definition) is 3. The summed E-state index contributed by atoms with van der Waals surface area (Å²) >= 11 is 0. The molecule has 0 aliphatic rings. The number of pyridine rings is 1. The Kier molecular flexibility index (Phi) is 3.77. The van der Waals surface area contributed by atoms with Crippen molar-refractivity contribution in [3.05, 3.63) is 42.7 Å². The summed E-state index contributed by atoms with van der Waals surface area (Å²) in [7, 11) is 0. The van der Waals surface area contributed by atoms with Crippen molar-refractivity contribution in [2.75, 3.05) is 25.1 Å². The van der Waals surface area contributed by atoms with Gasteiger partial charge in [-0.1, -0.05) is 18.2 Å². The van der Waals surface area contributed by atoms with Crippen molar-refractivity contribution in [3.63, 3.8) is 0 Å². The van der Waals surface area contributed by atoms with E-state index in [-0.39, 0.29) is 0 Å². The number of anilines is 1. The summed E-state index contributed by atoms with van der Waals surface area (Å²) in [5.41, 5.74) is 1.99. The Morgan fingerprint density at radius 2 is 2.41 bits per heavy atom. The fraction of sp³-hybridized carbons (Fsp3) is 0.308. The predicted octanol–water partition coefficient (Wildman–Crippen LogP) is 2.34. The van der Waals surface area contributed by atoms with Gasteiger partial charge in [0.25, 0.3) is 0 Å². The second-order valence-electron chi connectivity index (χ2n) is 4.00. The third-order valence-electron chi connectivity index (χ3n) is 2.33. The summed E-state index contributed by atoms with van der Waals surface area (Å²) in [6.45, 7) is 7.80. The normalized spacial score (nSPS) is 10.6. The SMILES string of the molecule is C=C(C)COCCNc1cccc2nccn12. The maximum Gasteiger partial charge on any atom is 0.138 e. The smallest absolute Gasteiger partial charge is 0.138 e. The standard InChI is InChI=1S/C13H17N3O/c1-11(2)10-17-9-7-15-13-5-3-4-12-14-6-8-16(12)13/h3-6,8,15H,1,7,9-10H2,2H3. The Hall–Kier alpha value is -1.81. The summed E-state index contributed by atoms with van der Waals surface area (Å²) in [6.07, 6.45) is 3.73. The molecule has 0 radical (unpaired) electrons. The molecule has 90 valence electrons. The lowest BCUT2D eigenvalue weighted by Gasteiger charge is -2.09. The van der Waals surface area contributed by atoms with Crippen LogP contribution < -0.4 is 5.32 Å². The van der Waals surface area contributed by atoms with Crippen LogP contribution in [0.25, 0.3) is 5.65 Å². The van der Waals surface area contributed by atoms with E-state index in [0.717, 1.165) is 23.6 Å². The molecule has 0 bridgehead atoms. The molecule has 2 aromatic heterocycles. The third kappa shape index (κ3) is 3.07. The molecule has 0 fully saturated rings. The van der Waals surface area contributed by atoms with E-state index in [0.29, 0.717) is 13.2 Å². The lowest BCUT2D eigenvalue weighted by atomic mass is 10.4.